The molecular formula is C15H28N2O2. The van der Waals surface area contributed by atoms with E-state index in [1.165, 1.54) is 25.7 Å². The van der Waals surface area contributed by atoms with Crippen LogP contribution in [0.3, 0.4) is 0 Å². The predicted molar refractivity (Wildman–Crippen MR) is 75.7 cm³/mol. The first-order chi connectivity index (χ1) is 9.22. The van der Waals surface area contributed by atoms with Gasteiger partial charge in [-0.2, -0.15) is 0 Å². The lowest BCUT2D eigenvalue weighted by atomic mass is 9.80. The van der Waals surface area contributed by atoms with Crippen LogP contribution in [0, 0.1) is 11.8 Å². The van der Waals surface area contributed by atoms with Crippen molar-refractivity contribution in [2.45, 2.75) is 51.6 Å². The summed E-state index contributed by atoms with van der Waals surface area (Å²) in [5.74, 6) is 1.61. The van der Waals surface area contributed by atoms with Gasteiger partial charge in [0.25, 0.3) is 0 Å². The summed E-state index contributed by atoms with van der Waals surface area (Å²) >= 11 is 0. The van der Waals surface area contributed by atoms with Crippen molar-refractivity contribution in [1.29, 1.82) is 0 Å². The number of carbonyl (C=O) groups is 1. The van der Waals surface area contributed by atoms with Gasteiger partial charge >= 0.3 is 0 Å². The van der Waals surface area contributed by atoms with Gasteiger partial charge in [0.2, 0.25) is 5.91 Å². The fraction of sp³-hybridized carbons (Fsp3) is 0.933. The van der Waals surface area contributed by atoms with Crippen molar-refractivity contribution in [1.82, 2.24) is 4.90 Å². The molecule has 0 aromatic heterocycles. The minimum absolute atomic E-state index is 0.241. The van der Waals surface area contributed by atoms with Crippen molar-refractivity contribution < 1.29 is 9.53 Å². The van der Waals surface area contributed by atoms with Gasteiger partial charge in [0.05, 0.1) is 12.7 Å². The number of rotatable bonds is 4. The standard InChI is InChI=1S/C15H28N2O2/c1-2-14-11-17(7-8-19-14)15(18)9-12-3-5-13(10-16)6-4-12/h12-14H,2-11,16H2,1H3. The molecule has 19 heavy (non-hydrogen) atoms. The topological polar surface area (TPSA) is 55.6 Å². The van der Waals surface area contributed by atoms with Crippen molar-refractivity contribution in [2.75, 3.05) is 26.2 Å². The molecule has 0 spiro atoms. The van der Waals surface area contributed by atoms with Gasteiger partial charge in [-0.1, -0.05) is 6.92 Å². The van der Waals surface area contributed by atoms with Crippen molar-refractivity contribution in [2.24, 2.45) is 17.6 Å². The molecule has 2 N–H and O–H groups in total. The first kappa shape index (κ1) is 14.8. The van der Waals surface area contributed by atoms with Crippen LogP contribution in [0.25, 0.3) is 0 Å². The smallest absolute Gasteiger partial charge is 0.223 e. The molecule has 1 aliphatic heterocycles. The first-order valence-electron chi connectivity index (χ1n) is 7.82. The zero-order valence-electron chi connectivity index (χ0n) is 12.1. The number of nitrogens with zero attached hydrogens (tertiary/aromatic N) is 1. The Morgan fingerprint density at radius 3 is 2.58 bits per heavy atom. The fourth-order valence-electron chi connectivity index (χ4n) is 3.24. The normalized spacial score (nSPS) is 32.3. The molecule has 1 saturated heterocycles. The summed E-state index contributed by atoms with van der Waals surface area (Å²) in [7, 11) is 0. The molecule has 110 valence electrons. The Kier molecular flexibility index (Phi) is 5.64. The molecule has 1 unspecified atom stereocenters. The number of nitrogens with two attached hydrogens (primary N) is 1. The summed E-state index contributed by atoms with van der Waals surface area (Å²) in [6, 6.07) is 0. The van der Waals surface area contributed by atoms with Gasteiger partial charge in [-0.3, -0.25) is 4.79 Å². The van der Waals surface area contributed by atoms with Crippen LogP contribution in [0.4, 0.5) is 0 Å². The molecule has 2 fully saturated rings. The number of hydrogen-bond donors (Lipinski definition) is 1. The van der Waals surface area contributed by atoms with E-state index in [1.807, 2.05) is 4.90 Å². The molecule has 4 nitrogen and oxygen atoms in total. The quantitative estimate of drug-likeness (QED) is 0.845. The average Bonchev–Trinajstić information content (AvgIpc) is 2.48. The van der Waals surface area contributed by atoms with Crippen LogP contribution in [0.5, 0.6) is 0 Å². The van der Waals surface area contributed by atoms with Gasteiger partial charge in [0, 0.05) is 19.5 Å². The Labute approximate surface area is 116 Å². The maximum Gasteiger partial charge on any atom is 0.223 e. The second-order valence-electron chi connectivity index (χ2n) is 6.07. The Bertz CT molecular complexity index is 288. The molecular weight excluding hydrogens is 240 g/mol. The van der Waals surface area contributed by atoms with Crippen LogP contribution in [0.1, 0.15) is 45.4 Å². The third-order valence-corrected chi connectivity index (χ3v) is 4.71. The third kappa shape index (κ3) is 4.18. The van der Waals surface area contributed by atoms with E-state index in [0.29, 0.717) is 24.3 Å². The van der Waals surface area contributed by atoms with Crippen LogP contribution in [0.15, 0.2) is 0 Å². The van der Waals surface area contributed by atoms with Crippen LogP contribution in [-0.4, -0.2) is 43.2 Å². The van der Waals surface area contributed by atoms with E-state index < -0.39 is 0 Å². The largest absolute Gasteiger partial charge is 0.375 e. The second-order valence-corrected chi connectivity index (χ2v) is 6.07. The highest BCUT2D eigenvalue weighted by Crippen LogP contribution is 2.30. The Morgan fingerprint density at radius 1 is 1.26 bits per heavy atom. The number of ether oxygens (including phenoxy) is 1. The molecule has 1 aliphatic carbocycles. The highest BCUT2D eigenvalue weighted by Gasteiger charge is 2.27. The third-order valence-electron chi connectivity index (χ3n) is 4.71. The summed E-state index contributed by atoms with van der Waals surface area (Å²) in [5.41, 5.74) is 5.71. The Balaban J connectivity index is 1.75. The molecule has 1 amide bonds. The van der Waals surface area contributed by atoms with E-state index in [1.54, 1.807) is 0 Å². The number of hydrogen-bond acceptors (Lipinski definition) is 3. The zero-order valence-corrected chi connectivity index (χ0v) is 12.1. The highest BCUT2D eigenvalue weighted by atomic mass is 16.5. The predicted octanol–water partition coefficient (Wildman–Crippen LogP) is 1.78. The highest BCUT2D eigenvalue weighted by molar-refractivity contribution is 5.76. The van der Waals surface area contributed by atoms with Gasteiger partial charge in [-0.15, -0.1) is 0 Å². The lowest BCUT2D eigenvalue weighted by molar-refractivity contribution is -0.140. The second kappa shape index (κ2) is 7.25. The summed E-state index contributed by atoms with van der Waals surface area (Å²) in [6.07, 6.45) is 6.72. The summed E-state index contributed by atoms with van der Waals surface area (Å²) in [4.78, 5) is 14.3. The van der Waals surface area contributed by atoms with Crippen molar-refractivity contribution >= 4 is 5.91 Å². The van der Waals surface area contributed by atoms with E-state index in [-0.39, 0.29) is 6.10 Å². The molecule has 4 heteroatoms. The van der Waals surface area contributed by atoms with E-state index >= 15 is 0 Å². The zero-order chi connectivity index (χ0) is 13.7. The van der Waals surface area contributed by atoms with Crippen molar-refractivity contribution in [3.8, 4) is 0 Å². The molecule has 0 aromatic carbocycles. The van der Waals surface area contributed by atoms with Crippen LogP contribution >= 0.6 is 0 Å². The molecule has 2 aliphatic rings. The van der Waals surface area contributed by atoms with Gasteiger partial charge in [-0.25, -0.2) is 0 Å². The van der Waals surface area contributed by atoms with E-state index in [4.69, 9.17) is 10.5 Å². The molecule has 0 radical (unpaired) electrons. The number of carbonyl (C=O) groups excluding carboxylic acids is 1. The number of morpholine rings is 1. The van der Waals surface area contributed by atoms with Gasteiger partial charge < -0.3 is 15.4 Å². The van der Waals surface area contributed by atoms with Gasteiger partial charge in [0.1, 0.15) is 0 Å². The lowest BCUT2D eigenvalue weighted by Gasteiger charge is -2.34. The molecule has 1 saturated carbocycles. The van der Waals surface area contributed by atoms with Crippen molar-refractivity contribution in [3.05, 3.63) is 0 Å². The molecule has 0 bridgehead atoms. The van der Waals surface area contributed by atoms with E-state index in [9.17, 15) is 4.79 Å². The average molecular weight is 268 g/mol. The van der Waals surface area contributed by atoms with Gasteiger partial charge in [0.15, 0.2) is 0 Å². The molecule has 1 heterocycles. The fourth-order valence-corrected chi connectivity index (χ4v) is 3.24. The summed E-state index contributed by atoms with van der Waals surface area (Å²) in [5, 5.41) is 0. The SMILES string of the molecule is CCC1CN(C(=O)CC2CCC(CN)CC2)CCO1. The Hall–Kier alpha value is -0.610. The lowest BCUT2D eigenvalue weighted by Crippen LogP contribution is -2.46. The maximum atomic E-state index is 12.3. The molecule has 0 aromatic rings. The van der Waals surface area contributed by atoms with Crippen LogP contribution < -0.4 is 5.73 Å². The monoisotopic (exact) mass is 268 g/mol. The Morgan fingerprint density at radius 2 is 1.95 bits per heavy atom. The maximum absolute atomic E-state index is 12.3. The van der Waals surface area contributed by atoms with Crippen LogP contribution in [0.2, 0.25) is 0 Å². The number of amides is 1. The van der Waals surface area contributed by atoms with Crippen molar-refractivity contribution in [3.63, 3.8) is 0 Å². The summed E-state index contributed by atoms with van der Waals surface area (Å²) in [6.45, 7) is 5.18. The minimum atomic E-state index is 0.241. The van der Waals surface area contributed by atoms with E-state index in [0.717, 1.165) is 32.5 Å². The van der Waals surface area contributed by atoms with Crippen LogP contribution in [-0.2, 0) is 9.53 Å². The van der Waals surface area contributed by atoms with Gasteiger partial charge in [-0.05, 0) is 50.5 Å². The molecule has 1 atom stereocenters. The minimum Gasteiger partial charge on any atom is -0.375 e. The van der Waals surface area contributed by atoms with E-state index in [2.05, 4.69) is 6.92 Å². The summed E-state index contributed by atoms with van der Waals surface area (Å²) < 4.78 is 5.62. The first-order valence-corrected chi connectivity index (χ1v) is 7.82. The molecule has 2 rings (SSSR count).